The molecule has 2 aromatic rings. The van der Waals surface area contributed by atoms with Gasteiger partial charge in [-0.05, 0) is 12.1 Å². The molecule has 0 bridgehead atoms. The van der Waals surface area contributed by atoms with Crippen LogP contribution in [0, 0.1) is 0 Å². The molecule has 1 aromatic carbocycles. The maximum atomic E-state index is 6.04. The molecule has 0 radical (unpaired) electrons. The van der Waals surface area contributed by atoms with Crippen LogP contribution in [0.25, 0.3) is 11.0 Å². The number of nitrogens with zero attached hydrogens (tertiary/aromatic N) is 1. The third-order valence-electron chi connectivity index (χ3n) is 3.64. The molecule has 4 N–H and O–H groups in total. The molecule has 0 atom stereocenters. The van der Waals surface area contributed by atoms with Gasteiger partial charge in [0.15, 0.2) is 0 Å². The molecule has 0 saturated carbocycles. The second-order valence-corrected chi connectivity index (χ2v) is 4.79. The van der Waals surface area contributed by atoms with Gasteiger partial charge in [-0.1, -0.05) is 12.1 Å². The van der Waals surface area contributed by atoms with Gasteiger partial charge in [0.05, 0.1) is 13.2 Å². The number of H-pyrrole nitrogens is 1. The number of morpholine rings is 1. The van der Waals surface area contributed by atoms with Gasteiger partial charge in [0.25, 0.3) is 0 Å². The highest BCUT2D eigenvalue weighted by atomic mass is 16.5. The van der Waals surface area contributed by atoms with E-state index in [2.05, 4.69) is 21.7 Å². The summed E-state index contributed by atoms with van der Waals surface area (Å²) in [5.74, 6) is 0.740. The van der Waals surface area contributed by atoms with E-state index in [1.54, 1.807) is 4.90 Å². The third-order valence-corrected chi connectivity index (χ3v) is 3.64. The van der Waals surface area contributed by atoms with E-state index < -0.39 is 0 Å². The average Bonchev–Trinajstić information content (AvgIpc) is 2.73. The summed E-state index contributed by atoms with van der Waals surface area (Å²) in [6, 6.07) is 8.24. The maximum absolute atomic E-state index is 6.04. The number of fused-ring (bicyclic) bond motifs is 1. The van der Waals surface area contributed by atoms with Crippen LogP contribution in [-0.2, 0) is 11.3 Å². The standard InChI is InChI=1S/C13H18N4O/c14-13-15-11-3-1-2-4-12(11)17(13)6-5-16-7-9-18-10-8-16/h1-4H,5-10H2,(H2,14,15)/p+2. The Bertz CT molecular complexity index is 531. The smallest absolute Gasteiger partial charge is 0.353 e. The van der Waals surface area contributed by atoms with Crippen molar-refractivity contribution in [1.82, 2.24) is 4.98 Å². The van der Waals surface area contributed by atoms with E-state index in [1.165, 1.54) is 5.52 Å². The zero-order valence-corrected chi connectivity index (χ0v) is 10.5. The zero-order chi connectivity index (χ0) is 12.4. The molecule has 5 heteroatoms. The van der Waals surface area contributed by atoms with Crippen LogP contribution >= 0.6 is 0 Å². The van der Waals surface area contributed by atoms with Crippen molar-refractivity contribution in [2.75, 3.05) is 38.6 Å². The highest BCUT2D eigenvalue weighted by Gasteiger charge is 2.18. The van der Waals surface area contributed by atoms with E-state index in [0.29, 0.717) is 0 Å². The van der Waals surface area contributed by atoms with Gasteiger partial charge in [0, 0.05) is 0 Å². The summed E-state index contributed by atoms with van der Waals surface area (Å²) >= 11 is 0. The van der Waals surface area contributed by atoms with Crippen molar-refractivity contribution >= 4 is 17.0 Å². The molecule has 0 amide bonds. The van der Waals surface area contributed by atoms with E-state index in [4.69, 9.17) is 10.5 Å². The zero-order valence-electron chi connectivity index (χ0n) is 10.5. The summed E-state index contributed by atoms with van der Waals surface area (Å²) < 4.78 is 7.54. The maximum Gasteiger partial charge on any atom is 0.353 e. The van der Waals surface area contributed by atoms with E-state index in [0.717, 1.165) is 50.9 Å². The molecule has 1 aliphatic rings. The average molecular weight is 248 g/mol. The van der Waals surface area contributed by atoms with Crippen LogP contribution in [0.4, 0.5) is 5.95 Å². The Kier molecular flexibility index (Phi) is 3.17. The number of hydrogen-bond acceptors (Lipinski definition) is 2. The Morgan fingerprint density at radius 3 is 2.89 bits per heavy atom. The highest BCUT2D eigenvalue weighted by molar-refractivity contribution is 5.72. The Hall–Kier alpha value is -1.59. The second-order valence-electron chi connectivity index (χ2n) is 4.79. The fraction of sp³-hybridized carbons (Fsp3) is 0.462. The number of rotatable bonds is 3. The largest absolute Gasteiger partial charge is 0.370 e. The van der Waals surface area contributed by atoms with Gasteiger partial charge in [0.1, 0.15) is 37.2 Å². The predicted octanol–water partition coefficient (Wildman–Crippen LogP) is -1.05. The number of aromatic amines is 1. The van der Waals surface area contributed by atoms with Gasteiger partial charge in [-0.25, -0.2) is 9.55 Å². The first-order valence-electron chi connectivity index (χ1n) is 6.52. The summed E-state index contributed by atoms with van der Waals surface area (Å²) in [5.41, 5.74) is 8.33. The molecule has 0 unspecified atom stereocenters. The Morgan fingerprint density at radius 1 is 1.28 bits per heavy atom. The fourth-order valence-corrected chi connectivity index (χ4v) is 2.57. The molecule has 0 aliphatic carbocycles. The number of anilines is 1. The minimum Gasteiger partial charge on any atom is -0.370 e. The lowest BCUT2D eigenvalue weighted by molar-refractivity contribution is -0.923. The number of para-hydroxylation sites is 2. The number of hydrogen-bond donors (Lipinski definition) is 3. The number of benzene rings is 1. The lowest BCUT2D eigenvalue weighted by Crippen LogP contribution is -3.14. The van der Waals surface area contributed by atoms with Crippen LogP contribution in [0.15, 0.2) is 24.3 Å². The van der Waals surface area contributed by atoms with Gasteiger partial charge < -0.3 is 9.64 Å². The SMILES string of the molecule is Nc1[nH]c2ccccc2[n+]1CC[NH+]1CCOCC1. The normalized spacial score (nSPS) is 17.3. The van der Waals surface area contributed by atoms with Crippen molar-refractivity contribution in [1.29, 1.82) is 0 Å². The van der Waals surface area contributed by atoms with Gasteiger partial charge in [-0.15, -0.1) is 0 Å². The lowest BCUT2D eigenvalue weighted by Gasteiger charge is -2.23. The quantitative estimate of drug-likeness (QED) is 0.607. The van der Waals surface area contributed by atoms with E-state index in [9.17, 15) is 0 Å². The summed E-state index contributed by atoms with van der Waals surface area (Å²) in [6.45, 7) is 6.00. The highest BCUT2D eigenvalue weighted by Crippen LogP contribution is 2.09. The second kappa shape index (κ2) is 4.96. The molecule has 1 fully saturated rings. The summed E-state index contributed by atoms with van der Waals surface area (Å²) in [7, 11) is 0. The Balaban J connectivity index is 1.75. The minimum absolute atomic E-state index is 0.740. The van der Waals surface area contributed by atoms with Crippen molar-refractivity contribution in [3.8, 4) is 0 Å². The van der Waals surface area contributed by atoms with E-state index in [-0.39, 0.29) is 0 Å². The minimum atomic E-state index is 0.740. The van der Waals surface area contributed by atoms with Gasteiger partial charge in [0.2, 0.25) is 0 Å². The first-order valence-corrected chi connectivity index (χ1v) is 6.52. The van der Waals surface area contributed by atoms with Crippen molar-refractivity contribution < 1.29 is 14.2 Å². The van der Waals surface area contributed by atoms with E-state index in [1.807, 2.05) is 12.1 Å². The van der Waals surface area contributed by atoms with Crippen LogP contribution in [0.1, 0.15) is 0 Å². The molecule has 18 heavy (non-hydrogen) atoms. The first-order chi connectivity index (χ1) is 8.84. The molecule has 0 spiro atoms. The molecular formula is C13H20N4O+2. The number of nitrogen functional groups attached to an aromatic ring is 1. The van der Waals surface area contributed by atoms with Crippen LogP contribution in [-0.4, -0.2) is 37.8 Å². The van der Waals surface area contributed by atoms with Crippen molar-refractivity contribution in [3.05, 3.63) is 24.3 Å². The molecule has 1 saturated heterocycles. The molecular weight excluding hydrogens is 228 g/mol. The van der Waals surface area contributed by atoms with Crippen LogP contribution in [0.3, 0.4) is 0 Å². The van der Waals surface area contributed by atoms with E-state index >= 15 is 0 Å². The van der Waals surface area contributed by atoms with Crippen molar-refractivity contribution in [2.24, 2.45) is 0 Å². The third kappa shape index (κ3) is 2.19. The number of nitrogens with one attached hydrogen (secondary N) is 2. The van der Waals surface area contributed by atoms with Crippen molar-refractivity contribution in [2.45, 2.75) is 6.54 Å². The van der Waals surface area contributed by atoms with Gasteiger partial charge >= 0.3 is 5.95 Å². The van der Waals surface area contributed by atoms with Crippen molar-refractivity contribution in [3.63, 3.8) is 0 Å². The number of aromatic nitrogens is 2. The first kappa shape index (κ1) is 11.5. The molecule has 3 rings (SSSR count). The number of imidazole rings is 1. The van der Waals surface area contributed by atoms with Gasteiger partial charge in [-0.2, -0.15) is 0 Å². The number of nitrogens with two attached hydrogens (primary N) is 1. The molecule has 5 nitrogen and oxygen atoms in total. The van der Waals surface area contributed by atoms with Crippen LogP contribution in [0.5, 0.6) is 0 Å². The molecule has 1 aromatic heterocycles. The molecule has 1 aliphatic heterocycles. The Morgan fingerprint density at radius 2 is 2.06 bits per heavy atom. The number of quaternary nitrogens is 1. The predicted molar refractivity (Wildman–Crippen MR) is 69.3 cm³/mol. The summed E-state index contributed by atoms with van der Waals surface area (Å²) in [5, 5.41) is 0. The van der Waals surface area contributed by atoms with Crippen LogP contribution < -0.4 is 15.2 Å². The van der Waals surface area contributed by atoms with Gasteiger partial charge in [-0.3, -0.25) is 5.73 Å². The molecule has 2 heterocycles. The Labute approximate surface area is 106 Å². The lowest BCUT2D eigenvalue weighted by atomic mass is 10.3. The topological polar surface area (TPSA) is 59.4 Å². The molecule has 96 valence electrons. The monoisotopic (exact) mass is 248 g/mol. The fourth-order valence-electron chi connectivity index (χ4n) is 2.57. The van der Waals surface area contributed by atoms with Crippen LogP contribution in [0.2, 0.25) is 0 Å². The number of ether oxygens (including phenoxy) is 1. The summed E-state index contributed by atoms with van der Waals surface area (Å²) in [6.07, 6.45) is 0. The summed E-state index contributed by atoms with van der Waals surface area (Å²) in [4.78, 5) is 4.82.